The smallest absolute Gasteiger partial charge is 0.404 e. The number of halogens is 1. The van der Waals surface area contributed by atoms with E-state index < -0.39 is 17.8 Å². The molecule has 8 heteroatoms. The van der Waals surface area contributed by atoms with Crippen LogP contribution in [0.25, 0.3) is 0 Å². The highest BCUT2D eigenvalue weighted by molar-refractivity contribution is 5.95. The Balaban J connectivity index is 2.61. The zero-order chi connectivity index (χ0) is 14.3. The van der Waals surface area contributed by atoms with Gasteiger partial charge >= 0.3 is 6.09 Å². The minimum Gasteiger partial charge on any atom is -0.448 e. The molecule has 0 aliphatic heterocycles. The predicted molar refractivity (Wildman–Crippen MR) is 66.2 cm³/mol. The first kappa shape index (κ1) is 14.7. The van der Waals surface area contributed by atoms with Gasteiger partial charge in [-0.1, -0.05) is 0 Å². The van der Waals surface area contributed by atoms with Crippen molar-refractivity contribution in [3.05, 3.63) is 23.6 Å². The Labute approximate surface area is 109 Å². The molecular weight excluding hydrogens is 255 g/mol. The monoisotopic (exact) mass is 270 g/mol. The summed E-state index contributed by atoms with van der Waals surface area (Å²) < 4.78 is 18.3. The summed E-state index contributed by atoms with van der Waals surface area (Å²) in [6.45, 7) is 2.24. The molecule has 0 atom stereocenters. The number of rotatable bonds is 6. The molecule has 4 N–H and O–H groups in total. The molecule has 104 valence electrons. The molecule has 1 aromatic rings. The van der Waals surface area contributed by atoms with Gasteiger partial charge in [0.25, 0.3) is 5.91 Å². The van der Waals surface area contributed by atoms with Gasteiger partial charge in [-0.2, -0.15) is 0 Å². The standard InChI is InChI=1S/C11H15FN4O3/c1-2-14-9-8(12)7(3-4-15-9)10(17)16-5-6-19-11(13)18/h3-4H,2,5-6H2,1H3,(H2,13,18)(H,14,15)(H,16,17). The first-order chi connectivity index (χ1) is 9.06. The average Bonchev–Trinajstić information content (AvgIpc) is 2.37. The quantitative estimate of drug-likeness (QED) is 0.652. The normalized spacial score (nSPS) is 9.79. The maximum absolute atomic E-state index is 13.9. The third-order valence-electron chi connectivity index (χ3n) is 2.11. The highest BCUT2D eigenvalue weighted by Gasteiger charge is 2.15. The van der Waals surface area contributed by atoms with E-state index >= 15 is 0 Å². The van der Waals surface area contributed by atoms with E-state index in [2.05, 4.69) is 20.4 Å². The number of primary amides is 1. The van der Waals surface area contributed by atoms with E-state index in [0.29, 0.717) is 6.54 Å². The van der Waals surface area contributed by atoms with Crippen LogP contribution in [0, 0.1) is 5.82 Å². The Kier molecular flexibility index (Phi) is 5.52. The molecule has 0 aromatic carbocycles. The number of nitrogens with zero attached hydrogens (tertiary/aromatic N) is 1. The first-order valence-corrected chi connectivity index (χ1v) is 5.65. The lowest BCUT2D eigenvalue weighted by atomic mass is 10.2. The van der Waals surface area contributed by atoms with Crippen LogP contribution >= 0.6 is 0 Å². The van der Waals surface area contributed by atoms with Crippen LogP contribution in [0.1, 0.15) is 17.3 Å². The summed E-state index contributed by atoms with van der Waals surface area (Å²) >= 11 is 0. The molecule has 0 unspecified atom stereocenters. The fourth-order valence-corrected chi connectivity index (χ4v) is 1.32. The molecule has 1 heterocycles. The number of ether oxygens (including phenoxy) is 1. The van der Waals surface area contributed by atoms with Crippen molar-refractivity contribution < 1.29 is 18.7 Å². The van der Waals surface area contributed by atoms with Gasteiger partial charge in [0.15, 0.2) is 11.6 Å². The molecule has 0 spiro atoms. The average molecular weight is 270 g/mol. The van der Waals surface area contributed by atoms with Crippen molar-refractivity contribution in [2.75, 3.05) is 25.0 Å². The topological polar surface area (TPSA) is 106 Å². The number of nitrogens with one attached hydrogen (secondary N) is 2. The number of carbonyl (C=O) groups excluding carboxylic acids is 2. The summed E-state index contributed by atoms with van der Waals surface area (Å²) in [7, 11) is 0. The van der Waals surface area contributed by atoms with Crippen LogP contribution in [0.3, 0.4) is 0 Å². The summed E-state index contributed by atoms with van der Waals surface area (Å²) in [4.78, 5) is 25.8. The van der Waals surface area contributed by atoms with E-state index in [1.807, 2.05) is 0 Å². The molecule has 0 saturated carbocycles. The van der Waals surface area contributed by atoms with Crippen molar-refractivity contribution in [1.82, 2.24) is 10.3 Å². The van der Waals surface area contributed by atoms with Crippen molar-refractivity contribution in [1.29, 1.82) is 0 Å². The van der Waals surface area contributed by atoms with Crippen molar-refractivity contribution in [3.8, 4) is 0 Å². The largest absolute Gasteiger partial charge is 0.448 e. The molecule has 7 nitrogen and oxygen atoms in total. The Bertz CT molecular complexity index is 467. The zero-order valence-electron chi connectivity index (χ0n) is 10.4. The summed E-state index contributed by atoms with van der Waals surface area (Å²) in [6.07, 6.45) is 0.398. The Morgan fingerprint density at radius 1 is 1.53 bits per heavy atom. The lowest BCUT2D eigenvalue weighted by Crippen LogP contribution is -2.29. The number of carbonyl (C=O) groups is 2. The molecular formula is C11H15FN4O3. The van der Waals surface area contributed by atoms with Gasteiger partial charge in [0, 0.05) is 12.7 Å². The summed E-state index contributed by atoms with van der Waals surface area (Å²) in [6, 6.07) is 1.26. The van der Waals surface area contributed by atoms with E-state index in [0.717, 1.165) is 0 Å². The number of hydrogen-bond acceptors (Lipinski definition) is 5. The highest BCUT2D eigenvalue weighted by Crippen LogP contribution is 2.14. The minimum absolute atomic E-state index is 0.0172. The van der Waals surface area contributed by atoms with Crippen molar-refractivity contribution in [2.45, 2.75) is 6.92 Å². The molecule has 19 heavy (non-hydrogen) atoms. The fourth-order valence-electron chi connectivity index (χ4n) is 1.32. The molecule has 0 bridgehead atoms. The van der Waals surface area contributed by atoms with Crippen molar-refractivity contribution in [2.24, 2.45) is 5.73 Å². The Morgan fingerprint density at radius 2 is 2.26 bits per heavy atom. The maximum atomic E-state index is 13.9. The number of amides is 2. The number of aromatic nitrogens is 1. The van der Waals surface area contributed by atoms with Crippen LogP contribution in [0.4, 0.5) is 15.0 Å². The van der Waals surface area contributed by atoms with Gasteiger partial charge in [0.1, 0.15) is 6.61 Å². The maximum Gasteiger partial charge on any atom is 0.404 e. The minimum atomic E-state index is -0.932. The first-order valence-electron chi connectivity index (χ1n) is 5.65. The van der Waals surface area contributed by atoms with E-state index in [-0.39, 0.29) is 24.5 Å². The molecule has 0 aliphatic carbocycles. The van der Waals surface area contributed by atoms with Crippen LogP contribution < -0.4 is 16.4 Å². The number of hydrogen-bond donors (Lipinski definition) is 3. The van der Waals surface area contributed by atoms with Crippen molar-refractivity contribution in [3.63, 3.8) is 0 Å². The molecule has 0 fully saturated rings. The van der Waals surface area contributed by atoms with E-state index in [1.165, 1.54) is 12.3 Å². The Hall–Kier alpha value is -2.38. The summed E-state index contributed by atoms with van der Waals surface area (Å²) in [5.74, 6) is -1.33. The molecule has 0 saturated heterocycles. The molecule has 0 radical (unpaired) electrons. The van der Waals surface area contributed by atoms with Crippen LogP contribution in [-0.4, -0.2) is 36.7 Å². The van der Waals surface area contributed by atoms with Gasteiger partial charge in [-0.05, 0) is 13.0 Å². The van der Waals surface area contributed by atoms with Gasteiger partial charge in [-0.25, -0.2) is 14.2 Å². The summed E-state index contributed by atoms with van der Waals surface area (Å²) in [5.41, 5.74) is 4.61. The van der Waals surface area contributed by atoms with E-state index in [4.69, 9.17) is 5.73 Å². The molecule has 1 rings (SSSR count). The van der Waals surface area contributed by atoms with Gasteiger partial charge in [0.05, 0.1) is 12.1 Å². The van der Waals surface area contributed by atoms with E-state index in [1.54, 1.807) is 6.92 Å². The van der Waals surface area contributed by atoms with E-state index in [9.17, 15) is 14.0 Å². The van der Waals surface area contributed by atoms with Crippen LogP contribution in [0.2, 0.25) is 0 Å². The van der Waals surface area contributed by atoms with Crippen LogP contribution in [0.15, 0.2) is 12.3 Å². The van der Waals surface area contributed by atoms with Gasteiger partial charge in [0.2, 0.25) is 0 Å². The third-order valence-corrected chi connectivity index (χ3v) is 2.11. The van der Waals surface area contributed by atoms with Gasteiger partial charge in [-0.3, -0.25) is 4.79 Å². The zero-order valence-corrected chi connectivity index (χ0v) is 10.4. The second-order valence-corrected chi connectivity index (χ2v) is 3.47. The number of anilines is 1. The SMILES string of the molecule is CCNc1nccc(C(=O)NCCOC(N)=O)c1F. The lowest BCUT2D eigenvalue weighted by molar-refractivity contribution is 0.0932. The van der Waals surface area contributed by atoms with Gasteiger partial charge in [-0.15, -0.1) is 0 Å². The third kappa shape index (κ3) is 4.41. The summed E-state index contributed by atoms with van der Waals surface area (Å²) in [5, 5.41) is 5.10. The van der Waals surface area contributed by atoms with Gasteiger partial charge < -0.3 is 21.1 Å². The Morgan fingerprint density at radius 3 is 2.89 bits per heavy atom. The predicted octanol–water partition coefficient (Wildman–Crippen LogP) is 0.478. The number of pyridine rings is 1. The lowest BCUT2D eigenvalue weighted by Gasteiger charge is -2.09. The number of nitrogens with two attached hydrogens (primary N) is 1. The second kappa shape index (κ2) is 7.14. The fraction of sp³-hybridized carbons (Fsp3) is 0.364. The molecule has 1 aromatic heterocycles. The highest BCUT2D eigenvalue weighted by atomic mass is 19.1. The molecule has 0 aliphatic rings. The second-order valence-electron chi connectivity index (χ2n) is 3.47. The van der Waals surface area contributed by atoms with Crippen LogP contribution in [-0.2, 0) is 4.74 Å². The molecule has 2 amide bonds. The van der Waals surface area contributed by atoms with Crippen LogP contribution in [0.5, 0.6) is 0 Å². The van der Waals surface area contributed by atoms with Crippen molar-refractivity contribution >= 4 is 17.8 Å².